The Morgan fingerprint density at radius 3 is 2.26 bits per heavy atom. The molecule has 3 N–H and O–H groups in total. The third-order valence-electron chi connectivity index (χ3n) is 6.23. The van der Waals surface area contributed by atoms with Crippen LogP contribution in [-0.4, -0.2) is 43.9 Å². The van der Waals surface area contributed by atoms with E-state index in [1.165, 1.54) is 24.3 Å². The van der Waals surface area contributed by atoms with Gasteiger partial charge >= 0.3 is 6.36 Å². The van der Waals surface area contributed by atoms with Crippen molar-refractivity contribution in [2.45, 2.75) is 37.1 Å². The van der Waals surface area contributed by atoms with E-state index in [1.54, 1.807) is 0 Å². The summed E-state index contributed by atoms with van der Waals surface area (Å²) in [5.74, 6) is -0.530. The van der Waals surface area contributed by atoms with E-state index in [1.807, 2.05) is 24.3 Å². The van der Waals surface area contributed by atoms with Crippen molar-refractivity contribution in [3.8, 4) is 5.75 Å². The Hall–Kier alpha value is -2.59. The van der Waals surface area contributed by atoms with Gasteiger partial charge in [-0.1, -0.05) is 40.2 Å². The average molecular weight is 540 g/mol. The number of rotatable bonds is 9. The molecule has 1 atom stereocenters. The van der Waals surface area contributed by atoms with Crippen LogP contribution in [0.4, 0.5) is 13.2 Å². The van der Waals surface area contributed by atoms with E-state index >= 15 is 0 Å². The zero-order valence-corrected chi connectivity index (χ0v) is 19.8. The van der Waals surface area contributed by atoms with Gasteiger partial charge in [-0.05, 0) is 48.2 Å². The quantitative estimate of drug-likeness (QED) is 0.456. The van der Waals surface area contributed by atoms with Crippen molar-refractivity contribution in [3.05, 3.63) is 64.1 Å². The van der Waals surface area contributed by atoms with Gasteiger partial charge in [0.1, 0.15) is 11.8 Å². The van der Waals surface area contributed by atoms with E-state index in [2.05, 4.69) is 36.6 Å². The van der Waals surface area contributed by atoms with Crippen LogP contribution in [0.5, 0.6) is 5.75 Å². The number of halogens is 4. The lowest BCUT2D eigenvalue weighted by Crippen LogP contribution is -2.54. The second kappa shape index (κ2) is 9.95. The van der Waals surface area contributed by atoms with Crippen LogP contribution in [0.1, 0.15) is 24.0 Å². The number of benzene rings is 2. The molecule has 10 heteroatoms. The van der Waals surface area contributed by atoms with E-state index in [9.17, 15) is 22.8 Å². The zero-order valence-electron chi connectivity index (χ0n) is 18.3. The molecule has 4 rings (SSSR count). The highest BCUT2D eigenvalue weighted by Gasteiger charge is 2.52. The lowest BCUT2D eigenvalue weighted by Gasteiger charge is -2.28. The van der Waals surface area contributed by atoms with Crippen LogP contribution < -0.4 is 20.7 Å². The monoisotopic (exact) mass is 539 g/mol. The van der Waals surface area contributed by atoms with Crippen molar-refractivity contribution < 1.29 is 27.5 Å². The molecule has 2 aromatic rings. The number of carbonyl (C=O) groups excluding carboxylic acids is 2. The van der Waals surface area contributed by atoms with Crippen molar-refractivity contribution in [1.29, 1.82) is 0 Å². The molecule has 0 radical (unpaired) electrons. The maximum Gasteiger partial charge on any atom is 0.573 e. The number of alkyl halides is 3. The number of hydrogen-bond donors (Lipinski definition) is 3. The van der Waals surface area contributed by atoms with E-state index in [0.29, 0.717) is 37.3 Å². The Labute approximate surface area is 203 Å². The first-order chi connectivity index (χ1) is 16.1. The zero-order chi connectivity index (χ0) is 24.3. The van der Waals surface area contributed by atoms with Gasteiger partial charge < -0.3 is 20.7 Å². The van der Waals surface area contributed by atoms with Crippen molar-refractivity contribution in [3.63, 3.8) is 0 Å². The minimum absolute atomic E-state index is 0.257. The summed E-state index contributed by atoms with van der Waals surface area (Å²) in [4.78, 5) is 26.3. The third-order valence-corrected chi connectivity index (χ3v) is 6.76. The summed E-state index contributed by atoms with van der Waals surface area (Å²) >= 11 is 3.39. The maximum absolute atomic E-state index is 13.3. The summed E-state index contributed by atoms with van der Waals surface area (Å²) < 4.78 is 42.2. The molecule has 2 fully saturated rings. The van der Waals surface area contributed by atoms with Gasteiger partial charge in [0.2, 0.25) is 11.8 Å². The molecule has 1 saturated carbocycles. The largest absolute Gasteiger partial charge is 0.573 e. The van der Waals surface area contributed by atoms with Crippen molar-refractivity contribution >= 4 is 27.7 Å². The summed E-state index contributed by atoms with van der Waals surface area (Å²) in [7, 11) is 0. The van der Waals surface area contributed by atoms with Gasteiger partial charge in [0.05, 0.1) is 5.41 Å². The summed E-state index contributed by atoms with van der Waals surface area (Å²) in [6.07, 6.45) is -3.35. The highest BCUT2D eigenvalue weighted by Crippen LogP contribution is 2.49. The Balaban J connectivity index is 1.46. The van der Waals surface area contributed by atoms with Crippen LogP contribution in [0.3, 0.4) is 0 Å². The molecule has 0 unspecified atom stereocenters. The summed E-state index contributed by atoms with van der Waals surface area (Å²) in [6, 6.07) is 12.1. The molecular weight excluding hydrogens is 515 g/mol. The molecule has 2 aromatic carbocycles. The molecule has 0 bridgehead atoms. The van der Waals surface area contributed by atoms with Crippen LogP contribution in [0.15, 0.2) is 53.0 Å². The predicted octanol–water partition coefficient (Wildman–Crippen LogP) is 3.44. The second-order valence-electron chi connectivity index (χ2n) is 8.78. The fourth-order valence-electron chi connectivity index (χ4n) is 3.97. The van der Waals surface area contributed by atoms with Gasteiger partial charge in [-0.25, -0.2) is 0 Å². The van der Waals surface area contributed by atoms with Crippen LogP contribution >= 0.6 is 15.9 Å². The van der Waals surface area contributed by atoms with Crippen molar-refractivity contribution in [1.82, 2.24) is 16.0 Å². The topological polar surface area (TPSA) is 79.5 Å². The van der Waals surface area contributed by atoms with Crippen LogP contribution in [-0.2, 0) is 21.4 Å². The number of ether oxygens (including phenoxy) is 1. The molecule has 0 aromatic heterocycles. The molecule has 1 aliphatic carbocycles. The highest BCUT2D eigenvalue weighted by molar-refractivity contribution is 9.10. The van der Waals surface area contributed by atoms with Gasteiger partial charge in [-0.15, -0.1) is 13.2 Å². The lowest BCUT2D eigenvalue weighted by molar-refractivity contribution is -0.274. The Morgan fingerprint density at radius 1 is 1.09 bits per heavy atom. The number of nitrogens with one attached hydrogen (secondary N) is 3. The molecule has 2 aliphatic rings. The minimum atomic E-state index is -4.78. The average Bonchev–Trinajstić information content (AvgIpc) is 3.55. The Kier molecular flexibility index (Phi) is 7.18. The molecule has 1 saturated heterocycles. The Morgan fingerprint density at radius 2 is 1.74 bits per heavy atom. The van der Waals surface area contributed by atoms with E-state index in [0.717, 1.165) is 23.1 Å². The van der Waals surface area contributed by atoms with Gasteiger partial charge in [0, 0.05) is 36.4 Å². The molecule has 34 heavy (non-hydrogen) atoms. The first kappa shape index (κ1) is 24.5. The van der Waals surface area contributed by atoms with E-state index < -0.39 is 17.8 Å². The minimum Gasteiger partial charge on any atom is -0.406 e. The fraction of sp³-hybridized carbons (Fsp3) is 0.417. The molecule has 1 aliphatic heterocycles. The van der Waals surface area contributed by atoms with Crippen molar-refractivity contribution in [2.75, 3.05) is 19.6 Å². The molecular formula is C24H25BrF3N3O3. The van der Waals surface area contributed by atoms with Gasteiger partial charge in [-0.3, -0.25) is 9.59 Å². The van der Waals surface area contributed by atoms with Gasteiger partial charge in [0.25, 0.3) is 0 Å². The number of amides is 2. The first-order valence-corrected chi connectivity index (χ1v) is 11.8. The highest BCUT2D eigenvalue weighted by atomic mass is 79.9. The predicted molar refractivity (Wildman–Crippen MR) is 123 cm³/mol. The Bertz CT molecular complexity index is 1020. The molecule has 2 amide bonds. The molecule has 182 valence electrons. The van der Waals surface area contributed by atoms with Gasteiger partial charge in [0.15, 0.2) is 0 Å². The maximum atomic E-state index is 13.3. The van der Waals surface area contributed by atoms with Crippen LogP contribution in [0, 0.1) is 5.92 Å². The van der Waals surface area contributed by atoms with Crippen molar-refractivity contribution in [2.24, 2.45) is 5.92 Å². The normalized spacial score (nSPS) is 17.9. The van der Waals surface area contributed by atoms with E-state index in [4.69, 9.17) is 0 Å². The SMILES string of the molecule is O=C(NCC1CNC1)[C@H](Cc1ccc(Br)cc1)NC(=O)C1(c2ccc(OC(F)(F)F)cc2)CC1. The fourth-order valence-corrected chi connectivity index (χ4v) is 4.23. The van der Waals surface area contributed by atoms with Crippen LogP contribution in [0.25, 0.3) is 0 Å². The molecule has 1 heterocycles. The molecule has 6 nitrogen and oxygen atoms in total. The van der Waals surface area contributed by atoms with E-state index in [-0.39, 0.29) is 17.6 Å². The number of hydrogen-bond acceptors (Lipinski definition) is 4. The lowest BCUT2D eigenvalue weighted by atomic mass is 9.94. The summed E-state index contributed by atoms with van der Waals surface area (Å²) in [6.45, 7) is 2.23. The van der Waals surface area contributed by atoms with Gasteiger partial charge in [-0.2, -0.15) is 0 Å². The molecule has 0 spiro atoms. The van der Waals surface area contributed by atoms with Crippen LogP contribution in [0.2, 0.25) is 0 Å². The smallest absolute Gasteiger partial charge is 0.406 e. The third kappa shape index (κ3) is 6.09. The summed E-state index contributed by atoms with van der Waals surface area (Å²) in [5, 5.41) is 9.00. The second-order valence-corrected chi connectivity index (χ2v) is 9.70. The first-order valence-electron chi connectivity index (χ1n) is 11.0. The number of carbonyl (C=O) groups is 2. The summed E-state index contributed by atoms with van der Waals surface area (Å²) in [5.41, 5.74) is 0.641. The standard InChI is InChI=1S/C24H25BrF3N3O3/c25-18-5-1-15(2-6-18)11-20(21(32)30-14-16-12-29-13-16)31-22(33)23(9-10-23)17-3-7-19(8-4-17)34-24(26,27)28/h1-8,16,20,29H,9-14H2,(H,30,32)(H,31,33)/t20-/m0/s1.